The van der Waals surface area contributed by atoms with Crippen LogP contribution in [-0.4, -0.2) is 0 Å². The Morgan fingerprint density at radius 1 is 1.33 bits per heavy atom. The first-order chi connectivity index (χ1) is 7.17. The largest absolute Gasteiger partial charge is 0.404 e. The summed E-state index contributed by atoms with van der Waals surface area (Å²) in [7, 11) is 0. The molecule has 0 unspecified atom stereocenters. The Hall–Kier alpha value is -0.930. The molecule has 1 aromatic carbocycles. The Morgan fingerprint density at radius 3 is 2.33 bits per heavy atom. The number of nitrogens with two attached hydrogens (primary N) is 2. The minimum Gasteiger partial charge on any atom is -0.404 e. The second-order valence-corrected chi connectivity index (χ2v) is 4.62. The molecule has 0 aliphatic rings. The minimum atomic E-state index is 0.684. The quantitative estimate of drug-likeness (QED) is 0.770. The molecule has 3 heteroatoms. The lowest BCUT2D eigenvalue weighted by Crippen LogP contribution is -1.95. The summed E-state index contributed by atoms with van der Waals surface area (Å²) in [5, 5.41) is 5.50. The van der Waals surface area contributed by atoms with Crippen molar-refractivity contribution in [2.45, 2.75) is 20.3 Å². The lowest BCUT2D eigenvalue weighted by Gasteiger charge is -2.07. The molecule has 0 amide bonds. The molecule has 1 aromatic rings. The molecular weight excluding hydrogens is 204 g/mol. The van der Waals surface area contributed by atoms with E-state index in [1.165, 1.54) is 17.5 Å². The molecule has 0 aliphatic carbocycles. The van der Waals surface area contributed by atoms with Gasteiger partial charge in [0, 0.05) is 11.1 Å². The molecule has 1 rings (SSSR count). The van der Waals surface area contributed by atoms with Crippen molar-refractivity contribution in [2.75, 3.05) is 0 Å². The van der Waals surface area contributed by atoms with Crippen LogP contribution >= 0.6 is 11.9 Å². The Bertz CT molecular complexity index is 328. The second-order valence-electron chi connectivity index (χ2n) is 3.94. The van der Waals surface area contributed by atoms with Crippen molar-refractivity contribution >= 4 is 16.9 Å². The van der Waals surface area contributed by atoms with Crippen LogP contribution in [0.3, 0.4) is 0 Å². The van der Waals surface area contributed by atoms with Gasteiger partial charge in [0.15, 0.2) is 0 Å². The Balaban J connectivity index is 2.80. The molecular formula is C12H18N2S. The fourth-order valence-electron chi connectivity index (χ4n) is 1.48. The molecule has 0 saturated heterocycles. The standard InChI is InChI=1S/C12H18N2S/c1-9(2)7-10-3-5-11(6-4-10)12(8-13)15-14/h3-6,8-9H,7,13-14H2,1-2H3/b12-8-. The van der Waals surface area contributed by atoms with Gasteiger partial charge in [0.25, 0.3) is 0 Å². The van der Waals surface area contributed by atoms with Crippen LogP contribution in [-0.2, 0) is 6.42 Å². The zero-order valence-corrected chi connectivity index (χ0v) is 10.1. The highest BCUT2D eigenvalue weighted by molar-refractivity contribution is 8.06. The molecule has 82 valence electrons. The van der Waals surface area contributed by atoms with Crippen molar-refractivity contribution in [1.29, 1.82) is 0 Å². The highest BCUT2D eigenvalue weighted by Crippen LogP contribution is 2.22. The lowest BCUT2D eigenvalue weighted by atomic mass is 10.0. The van der Waals surface area contributed by atoms with Crippen molar-refractivity contribution < 1.29 is 0 Å². The molecule has 0 bridgehead atoms. The van der Waals surface area contributed by atoms with Crippen molar-refractivity contribution in [3.05, 3.63) is 41.6 Å². The van der Waals surface area contributed by atoms with Crippen molar-refractivity contribution in [3.63, 3.8) is 0 Å². The molecule has 0 aromatic heterocycles. The average Bonchev–Trinajstić information content (AvgIpc) is 2.21. The summed E-state index contributed by atoms with van der Waals surface area (Å²) in [4.78, 5) is 0.908. The van der Waals surface area contributed by atoms with Gasteiger partial charge in [-0.25, -0.2) is 0 Å². The van der Waals surface area contributed by atoms with Gasteiger partial charge in [-0.1, -0.05) is 38.1 Å². The predicted molar refractivity (Wildman–Crippen MR) is 68.9 cm³/mol. The van der Waals surface area contributed by atoms with Crippen LogP contribution in [0, 0.1) is 5.92 Å². The molecule has 0 spiro atoms. The van der Waals surface area contributed by atoms with Gasteiger partial charge in [-0.3, -0.25) is 5.14 Å². The number of hydrogen-bond acceptors (Lipinski definition) is 3. The Kier molecular flexibility index (Phi) is 4.72. The van der Waals surface area contributed by atoms with Crippen molar-refractivity contribution in [3.8, 4) is 0 Å². The van der Waals surface area contributed by atoms with E-state index in [0.29, 0.717) is 5.92 Å². The van der Waals surface area contributed by atoms with E-state index in [-0.39, 0.29) is 0 Å². The second kappa shape index (κ2) is 5.83. The van der Waals surface area contributed by atoms with Gasteiger partial charge in [0.1, 0.15) is 0 Å². The molecule has 4 N–H and O–H groups in total. The van der Waals surface area contributed by atoms with Crippen LogP contribution in [0.1, 0.15) is 25.0 Å². The van der Waals surface area contributed by atoms with E-state index >= 15 is 0 Å². The predicted octanol–water partition coefficient (Wildman–Crippen LogP) is 2.75. The van der Waals surface area contributed by atoms with E-state index in [1.54, 1.807) is 6.20 Å². The fourth-order valence-corrected chi connectivity index (χ4v) is 1.83. The van der Waals surface area contributed by atoms with Crippen LogP contribution in [0.15, 0.2) is 30.5 Å². The van der Waals surface area contributed by atoms with Crippen LogP contribution < -0.4 is 10.9 Å². The maximum atomic E-state index is 5.50. The van der Waals surface area contributed by atoms with Crippen LogP contribution in [0.2, 0.25) is 0 Å². The number of hydrogen-bond donors (Lipinski definition) is 2. The Labute approximate surface area is 95.9 Å². The minimum absolute atomic E-state index is 0.684. The molecule has 0 saturated carbocycles. The topological polar surface area (TPSA) is 52.0 Å². The van der Waals surface area contributed by atoms with E-state index in [4.69, 9.17) is 10.9 Å². The summed E-state index contributed by atoms with van der Waals surface area (Å²) in [6.45, 7) is 4.43. The first kappa shape index (κ1) is 12.1. The molecule has 0 aliphatic heterocycles. The van der Waals surface area contributed by atoms with Crippen molar-refractivity contribution in [2.24, 2.45) is 16.8 Å². The third-order valence-electron chi connectivity index (χ3n) is 2.16. The third-order valence-corrected chi connectivity index (χ3v) is 2.79. The smallest absolute Gasteiger partial charge is 0.0452 e. The molecule has 0 atom stereocenters. The maximum absolute atomic E-state index is 5.50. The van der Waals surface area contributed by atoms with Gasteiger partial charge in [0.05, 0.1) is 0 Å². The van der Waals surface area contributed by atoms with Gasteiger partial charge < -0.3 is 5.73 Å². The van der Waals surface area contributed by atoms with Crippen LogP contribution in [0.25, 0.3) is 4.91 Å². The van der Waals surface area contributed by atoms with Gasteiger partial charge in [-0.05, 0) is 35.4 Å². The normalized spacial score (nSPS) is 12.1. The zero-order valence-electron chi connectivity index (χ0n) is 9.23. The zero-order chi connectivity index (χ0) is 11.3. The van der Waals surface area contributed by atoms with Crippen molar-refractivity contribution in [1.82, 2.24) is 0 Å². The van der Waals surface area contributed by atoms with Gasteiger partial charge in [-0.2, -0.15) is 0 Å². The summed E-state index contributed by atoms with van der Waals surface area (Å²) >= 11 is 1.18. The first-order valence-electron chi connectivity index (χ1n) is 5.05. The molecule has 0 fully saturated rings. The van der Waals surface area contributed by atoms with Gasteiger partial charge >= 0.3 is 0 Å². The van der Waals surface area contributed by atoms with E-state index in [0.717, 1.165) is 16.9 Å². The van der Waals surface area contributed by atoms with E-state index in [1.807, 2.05) is 0 Å². The highest BCUT2D eigenvalue weighted by Gasteiger charge is 2.01. The summed E-state index contributed by atoms with van der Waals surface area (Å²) in [6.07, 6.45) is 2.65. The van der Waals surface area contributed by atoms with Gasteiger partial charge in [0.2, 0.25) is 0 Å². The average molecular weight is 222 g/mol. The summed E-state index contributed by atoms with van der Waals surface area (Å²) < 4.78 is 0. The maximum Gasteiger partial charge on any atom is 0.0452 e. The first-order valence-corrected chi connectivity index (χ1v) is 5.93. The van der Waals surface area contributed by atoms with Crippen LogP contribution in [0.5, 0.6) is 0 Å². The number of benzene rings is 1. The van der Waals surface area contributed by atoms with E-state index in [9.17, 15) is 0 Å². The highest BCUT2D eigenvalue weighted by atomic mass is 32.2. The summed E-state index contributed by atoms with van der Waals surface area (Å²) in [5.41, 5.74) is 7.91. The Morgan fingerprint density at radius 2 is 1.93 bits per heavy atom. The van der Waals surface area contributed by atoms with Crippen LogP contribution in [0.4, 0.5) is 0 Å². The molecule has 0 heterocycles. The van der Waals surface area contributed by atoms with E-state index in [2.05, 4.69) is 38.1 Å². The van der Waals surface area contributed by atoms with Gasteiger partial charge in [-0.15, -0.1) is 0 Å². The molecule has 15 heavy (non-hydrogen) atoms. The monoisotopic (exact) mass is 222 g/mol. The molecule has 2 nitrogen and oxygen atoms in total. The molecule has 0 radical (unpaired) electrons. The summed E-state index contributed by atoms with van der Waals surface area (Å²) in [5.74, 6) is 0.684. The summed E-state index contributed by atoms with van der Waals surface area (Å²) in [6, 6.07) is 8.40. The third kappa shape index (κ3) is 3.61. The fraction of sp³-hybridized carbons (Fsp3) is 0.333. The van der Waals surface area contributed by atoms with E-state index < -0.39 is 0 Å². The lowest BCUT2D eigenvalue weighted by molar-refractivity contribution is 0.647. The SMILES string of the molecule is CC(C)Cc1ccc(/C(=C/N)SN)cc1. The number of rotatable bonds is 4.